The van der Waals surface area contributed by atoms with E-state index in [2.05, 4.69) is 42.3 Å². The van der Waals surface area contributed by atoms with Crippen LogP contribution in [0.2, 0.25) is 0 Å². The smallest absolute Gasteiger partial charge is 0.407 e. The Bertz CT molecular complexity index is 1270. The number of pyridine rings is 1. The van der Waals surface area contributed by atoms with E-state index in [9.17, 15) is 4.79 Å². The van der Waals surface area contributed by atoms with E-state index in [0.29, 0.717) is 43.2 Å². The lowest BCUT2D eigenvalue weighted by molar-refractivity contribution is 0.0970. The summed E-state index contributed by atoms with van der Waals surface area (Å²) in [6.45, 7) is 3.36. The summed E-state index contributed by atoms with van der Waals surface area (Å²) in [5.74, 6) is 3.15. The number of aliphatic imine (C=N–C) groups is 1. The molecule has 12 nitrogen and oxygen atoms in total. The van der Waals surface area contributed by atoms with Crippen LogP contribution in [0.5, 0.6) is 5.88 Å². The van der Waals surface area contributed by atoms with Crippen LogP contribution in [-0.4, -0.2) is 78.0 Å². The number of hydrogen-bond acceptors (Lipinski definition) is 10. The van der Waals surface area contributed by atoms with Crippen LogP contribution in [0.15, 0.2) is 34.5 Å². The Labute approximate surface area is 227 Å². The number of aromatic nitrogens is 3. The highest BCUT2D eigenvalue weighted by Gasteiger charge is 2.36. The predicted molar refractivity (Wildman–Crippen MR) is 147 cm³/mol. The molecule has 1 saturated heterocycles. The van der Waals surface area contributed by atoms with Crippen LogP contribution in [0.25, 0.3) is 10.9 Å². The third-order valence-corrected chi connectivity index (χ3v) is 7.93. The van der Waals surface area contributed by atoms with E-state index in [0.717, 1.165) is 62.1 Å². The Balaban J connectivity index is 0.994. The van der Waals surface area contributed by atoms with Crippen molar-refractivity contribution in [3.8, 4) is 5.88 Å². The van der Waals surface area contributed by atoms with Crippen LogP contribution in [0, 0.1) is 17.8 Å². The number of allylic oxidation sites excluding steroid dienone is 1. The Kier molecular flexibility index (Phi) is 7.62. The topological polar surface area (TPSA) is 136 Å². The molecule has 0 radical (unpaired) electrons. The Morgan fingerprint density at radius 3 is 3.10 bits per heavy atom. The number of anilines is 1. The standard InChI is InChI=1S/C27H36N8O4/c1-35-24-21(26(34-35)38-16-18-7-10-37-15-18)6-9-29-25(24)31-23-12-22(32-33-23)19-4-5-20(11-19)39-27(36)30-14-17-3-2-8-28-13-17/h2-3,6,8-9,17-20,22,32H,4-5,7,10-16H2,1H3,(H,30,36)(H,29,31,33)/t17?,18?,19-,20+,22?/m0/s1. The summed E-state index contributed by atoms with van der Waals surface area (Å²) in [5, 5.41) is 16.4. The van der Waals surface area contributed by atoms with Gasteiger partial charge in [-0.2, -0.15) is 5.10 Å². The zero-order valence-electron chi connectivity index (χ0n) is 22.2. The van der Waals surface area contributed by atoms with Crippen molar-refractivity contribution < 1.29 is 19.0 Å². The lowest BCUT2D eigenvalue weighted by atomic mass is 9.96. The molecular weight excluding hydrogens is 500 g/mol. The van der Waals surface area contributed by atoms with Gasteiger partial charge in [0.05, 0.1) is 24.6 Å². The van der Waals surface area contributed by atoms with Crippen molar-refractivity contribution in [2.75, 3.05) is 38.2 Å². The number of carbonyl (C=O) groups excluding carboxylic acids is 1. The molecule has 3 aliphatic heterocycles. The second kappa shape index (κ2) is 11.6. The van der Waals surface area contributed by atoms with Crippen molar-refractivity contribution in [3.63, 3.8) is 0 Å². The van der Waals surface area contributed by atoms with Gasteiger partial charge in [-0.3, -0.25) is 9.67 Å². The summed E-state index contributed by atoms with van der Waals surface area (Å²) in [6, 6.07) is 2.12. The molecule has 4 aliphatic rings. The molecule has 2 aromatic heterocycles. The fourth-order valence-electron chi connectivity index (χ4n) is 5.76. The Morgan fingerprint density at radius 1 is 1.31 bits per heavy atom. The minimum Gasteiger partial charge on any atom is -0.476 e. The van der Waals surface area contributed by atoms with E-state index in [-0.39, 0.29) is 24.2 Å². The number of amidine groups is 1. The molecule has 1 aliphatic carbocycles. The number of hydrogen-bond donors (Lipinski definition) is 3. The monoisotopic (exact) mass is 536 g/mol. The average molecular weight is 537 g/mol. The zero-order chi connectivity index (χ0) is 26.6. The van der Waals surface area contributed by atoms with Crippen LogP contribution in [-0.2, 0) is 16.5 Å². The SMILES string of the molecule is Cn1nc(OCC2CCOC2)c2ccnc(NC3=NNC([C@H]4CC[C@@H](OC(=O)NCC5C=CC=NC5)C4)C3)c21. The molecule has 0 spiro atoms. The molecule has 208 valence electrons. The maximum absolute atomic E-state index is 12.3. The number of nitrogens with zero attached hydrogens (tertiary/aromatic N) is 5. The number of hydrazone groups is 1. The van der Waals surface area contributed by atoms with E-state index >= 15 is 0 Å². The third kappa shape index (κ3) is 6.00. The number of rotatable bonds is 8. The molecule has 1 saturated carbocycles. The first-order chi connectivity index (χ1) is 19.1. The lowest BCUT2D eigenvalue weighted by Gasteiger charge is -2.19. The second-order valence-electron chi connectivity index (χ2n) is 10.8. The molecule has 12 heteroatoms. The van der Waals surface area contributed by atoms with E-state index in [4.69, 9.17) is 14.2 Å². The maximum Gasteiger partial charge on any atom is 0.407 e. The van der Waals surface area contributed by atoms with Gasteiger partial charge in [0.1, 0.15) is 17.5 Å². The quantitative estimate of drug-likeness (QED) is 0.469. The van der Waals surface area contributed by atoms with E-state index in [1.807, 2.05) is 19.2 Å². The molecule has 1 amide bonds. The van der Waals surface area contributed by atoms with E-state index in [1.165, 1.54) is 0 Å². The van der Waals surface area contributed by atoms with Crippen molar-refractivity contribution in [1.82, 2.24) is 25.5 Å². The highest BCUT2D eigenvalue weighted by molar-refractivity contribution is 6.03. The van der Waals surface area contributed by atoms with Gasteiger partial charge >= 0.3 is 6.09 Å². The number of carbonyl (C=O) groups is 1. The predicted octanol–water partition coefficient (Wildman–Crippen LogP) is 2.62. The molecule has 3 N–H and O–H groups in total. The number of dihydropyridines is 1. The first-order valence-corrected chi connectivity index (χ1v) is 13.8. The lowest BCUT2D eigenvalue weighted by Crippen LogP contribution is -2.33. The molecule has 39 heavy (non-hydrogen) atoms. The minimum absolute atomic E-state index is 0.0761. The summed E-state index contributed by atoms with van der Waals surface area (Å²) in [7, 11) is 1.90. The molecule has 2 aromatic rings. The number of amides is 1. The molecule has 0 aromatic carbocycles. The summed E-state index contributed by atoms with van der Waals surface area (Å²) < 4.78 is 19.0. The van der Waals surface area contributed by atoms with E-state index in [1.54, 1.807) is 17.1 Å². The molecule has 5 heterocycles. The van der Waals surface area contributed by atoms with Crippen molar-refractivity contribution in [2.24, 2.45) is 34.9 Å². The molecule has 6 rings (SSSR count). The molecule has 0 bridgehead atoms. The van der Waals surface area contributed by atoms with E-state index < -0.39 is 0 Å². The highest BCUT2D eigenvalue weighted by atomic mass is 16.6. The maximum atomic E-state index is 12.3. The number of fused-ring (bicyclic) bond motifs is 1. The minimum atomic E-state index is -0.350. The van der Waals surface area contributed by atoms with Gasteiger partial charge < -0.3 is 30.3 Å². The summed E-state index contributed by atoms with van der Waals surface area (Å²) in [4.78, 5) is 21.1. The fourth-order valence-corrected chi connectivity index (χ4v) is 5.76. The Hall–Kier alpha value is -3.67. The molecule has 2 fully saturated rings. The number of aryl methyl sites for hydroxylation is 1. The number of alkyl carbamates (subject to hydrolysis) is 1. The van der Waals surface area contributed by atoms with Gasteiger partial charge in [-0.1, -0.05) is 6.08 Å². The van der Waals surface area contributed by atoms with Crippen molar-refractivity contribution in [1.29, 1.82) is 0 Å². The summed E-state index contributed by atoms with van der Waals surface area (Å²) in [5.41, 5.74) is 4.16. The second-order valence-corrected chi connectivity index (χ2v) is 10.8. The number of nitrogens with one attached hydrogen (secondary N) is 3. The van der Waals surface area contributed by atoms with Gasteiger partial charge in [0, 0.05) is 57.4 Å². The fraction of sp³-hybridized carbons (Fsp3) is 0.593. The normalized spacial score (nSPS) is 27.9. The average Bonchev–Trinajstić information content (AvgIpc) is 3.76. The van der Waals surface area contributed by atoms with Crippen molar-refractivity contribution in [2.45, 2.75) is 44.2 Å². The van der Waals surface area contributed by atoms with Crippen LogP contribution < -0.4 is 20.8 Å². The molecular formula is C27H36N8O4. The van der Waals surface area contributed by atoms with Crippen LogP contribution in [0.1, 0.15) is 32.1 Å². The van der Waals surface area contributed by atoms with Gasteiger partial charge in [0.15, 0.2) is 5.82 Å². The zero-order valence-corrected chi connectivity index (χ0v) is 22.2. The van der Waals surface area contributed by atoms with Crippen LogP contribution in [0.3, 0.4) is 0 Å². The van der Waals surface area contributed by atoms with Crippen molar-refractivity contribution in [3.05, 3.63) is 24.4 Å². The number of ether oxygens (including phenoxy) is 3. The summed E-state index contributed by atoms with van der Waals surface area (Å²) >= 11 is 0. The van der Waals surface area contributed by atoms with Gasteiger partial charge in [-0.05, 0) is 43.7 Å². The van der Waals surface area contributed by atoms with Gasteiger partial charge in [0.25, 0.3) is 0 Å². The largest absolute Gasteiger partial charge is 0.476 e. The summed E-state index contributed by atoms with van der Waals surface area (Å²) in [6.07, 6.45) is 11.5. The highest BCUT2D eigenvalue weighted by Crippen LogP contribution is 2.34. The van der Waals surface area contributed by atoms with Crippen LogP contribution in [0.4, 0.5) is 10.6 Å². The van der Waals surface area contributed by atoms with Crippen LogP contribution >= 0.6 is 0 Å². The first-order valence-electron chi connectivity index (χ1n) is 13.8. The van der Waals surface area contributed by atoms with Gasteiger partial charge in [-0.15, -0.1) is 5.10 Å². The first kappa shape index (κ1) is 25.6. The van der Waals surface area contributed by atoms with Gasteiger partial charge in [-0.25, -0.2) is 9.78 Å². The molecule has 3 unspecified atom stereocenters. The third-order valence-electron chi connectivity index (χ3n) is 7.93. The molecule has 5 atom stereocenters. The van der Waals surface area contributed by atoms with Crippen molar-refractivity contribution >= 4 is 34.9 Å². The van der Waals surface area contributed by atoms with Gasteiger partial charge in [0.2, 0.25) is 5.88 Å². The Morgan fingerprint density at radius 2 is 2.26 bits per heavy atom.